The van der Waals surface area contributed by atoms with Gasteiger partial charge in [-0.25, -0.2) is 4.98 Å². The lowest BCUT2D eigenvalue weighted by Crippen LogP contribution is -2.33. The highest BCUT2D eigenvalue weighted by atomic mass is 16.6. The summed E-state index contributed by atoms with van der Waals surface area (Å²) in [6, 6.07) is 9.15. The highest BCUT2D eigenvalue weighted by Crippen LogP contribution is 2.35. The van der Waals surface area contributed by atoms with E-state index >= 15 is 0 Å². The van der Waals surface area contributed by atoms with Crippen molar-refractivity contribution in [3.63, 3.8) is 0 Å². The SMILES string of the molecule is O=[N+]([O-])c1c(NCCN2CCCCC2)ncnc1Oc1cccc2cccnc12. The van der Waals surface area contributed by atoms with Crippen molar-refractivity contribution >= 4 is 22.4 Å². The third kappa shape index (κ3) is 4.40. The number of benzene rings is 1. The Kier molecular flexibility index (Phi) is 5.76. The molecule has 3 aromatic rings. The molecular formula is C20H22N6O3. The van der Waals surface area contributed by atoms with E-state index in [-0.39, 0.29) is 17.4 Å². The van der Waals surface area contributed by atoms with E-state index in [9.17, 15) is 10.1 Å². The molecule has 2 aromatic heterocycles. The Morgan fingerprint density at radius 1 is 1.10 bits per heavy atom. The largest absolute Gasteiger partial charge is 0.431 e. The first-order valence-electron chi connectivity index (χ1n) is 9.69. The Hall–Kier alpha value is -3.33. The minimum absolute atomic E-state index is 0.108. The van der Waals surface area contributed by atoms with Crippen molar-refractivity contribution in [3.8, 4) is 11.6 Å². The van der Waals surface area contributed by atoms with Crippen molar-refractivity contribution in [1.29, 1.82) is 0 Å². The van der Waals surface area contributed by atoms with Gasteiger partial charge >= 0.3 is 11.6 Å². The molecule has 9 heteroatoms. The highest BCUT2D eigenvalue weighted by Gasteiger charge is 2.25. The first kappa shape index (κ1) is 19.0. The van der Waals surface area contributed by atoms with E-state index < -0.39 is 4.92 Å². The van der Waals surface area contributed by atoms with E-state index in [1.54, 1.807) is 12.3 Å². The molecule has 150 valence electrons. The summed E-state index contributed by atoms with van der Waals surface area (Å²) in [5.41, 5.74) is 0.335. The summed E-state index contributed by atoms with van der Waals surface area (Å²) in [5, 5.41) is 15.7. The lowest BCUT2D eigenvalue weighted by molar-refractivity contribution is -0.385. The summed E-state index contributed by atoms with van der Waals surface area (Å²) < 4.78 is 5.82. The van der Waals surface area contributed by atoms with Gasteiger partial charge in [0.2, 0.25) is 5.82 Å². The molecule has 0 spiro atoms. The molecule has 0 bridgehead atoms. The number of para-hydroxylation sites is 1. The minimum atomic E-state index is -0.517. The number of hydrogen-bond donors (Lipinski definition) is 1. The van der Waals surface area contributed by atoms with Crippen LogP contribution in [0, 0.1) is 10.1 Å². The summed E-state index contributed by atoms with van der Waals surface area (Å²) in [6.07, 6.45) is 6.59. The molecule has 1 N–H and O–H groups in total. The van der Waals surface area contributed by atoms with E-state index in [2.05, 4.69) is 25.2 Å². The number of anilines is 1. The van der Waals surface area contributed by atoms with Crippen LogP contribution in [0.2, 0.25) is 0 Å². The van der Waals surface area contributed by atoms with Crippen LogP contribution in [0.25, 0.3) is 10.9 Å². The number of pyridine rings is 1. The van der Waals surface area contributed by atoms with Crippen molar-refractivity contribution in [2.75, 3.05) is 31.5 Å². The van der Waals surface area contributed by atoms with E-state index in [0.29, 0.717) is 17.8 Å². The van der Waals surface area contributed by atoms with Gasteiger partial charge in [-0.1, -0.05) is 24.6 Å². The van der Waals surface area contributed by atoms with Crippen molar-refractivity contribution in [3.05, 3.63) is 53.0 Å². The average molecular weight is 394 g/mol. The van der Waals surface area contributed by atoms with Crippen LogP contribution in [-0.4, -0.2) is 51.0 Å². The monoisotopic (exact) mass is 394 g/mol. The molecule has 1 aliphatic heterocycles. The normalized spacial score (nSPS) is 14.6. The zero-order valence-corrected chi connectivity index (χ0v) is 16.0. The van der Waals surface area contributed by atoms with Gasteiger partial charge in [-0.3, -0.25) is 15.1 Å². The van der Waals surface area contributed by atoms with Crippen LogP contribution in [0.4, 0.5) is 11.5 Å². The first-order valence-corrected chi connectivity index (χ1v) is 9.69. The molecule has 0 radical (unpaired) electrons. The molecule has 0 amide bonds. The van der Waals surface area contributed by atoms with E-state index in [1.165, 1.54) is 25.6 Å². The number of nitrogens with one attached hydrogen (secondary N) is 1. The van der Waals surface area contributed by atoms with Crippen LogP contribution in [0.15, 0.2) is 42.9 Å². The standard InChI is InChI=1S/C20H22N6O3/c27-26(28)18-19(22-10-13-25-11-2-1-3-12-25)23-14-24-20(18)29-16-8-4-6-15-7-5-9-21-17(15)16/h4-9,14H,1-3,10-13H2,(H,22,23,24). The molecule has 0 atom stereocenters. The summed E-state index contributed by atoms with van der Waals surface area (Å²) in [5.74, 6) is 0.456. The highest BCUT2D eigenvalue weighted by molar-refractivity contribution is 5.84. The van der Waals surface area contributed by atoms with Crippen LogP contribution in [0.1, 0.15) is 19.3 Å². The summed E-state index contributed by atoms with van der Waals surface area (Å²) >= 11 is 0. The van der Waals surface area contributed by atoms with Crippen LogP contribution in [0.3, 0.4) is 0 Å². The van der Waals surface area contributed by atoms with Gasteiger partial charge in [0.25, 0.3) is 0 Å². The number of likely N-dealkylation sites (tertiary alicyclic amines) is 1. The number of ether oxygens (including phenoxy) is 1. The topological polar surface area (TPSA) is 106 Å². The van der Waals surface area contributed by atoms with Gasteiger partial charge in [-0.05, 0) is 38.1 Å². The van der Waals surface area contributed by atoms with E-state index in [1.807, 2.05) is 24.3 Å². The maximum atomic E-state index is 11.7. The van der Waals surface area contributed by atoms with Crippen LogP contribution >= 0.6 is 0 Å². The Bertz CT molecular complexity index is 1000. The van der Waals surface area contributed by atoms with Gasteiger partial charge in [-0.15, -0.1) is 0 Å². The molecule has 1 saturated heterocycles. The molecule has 1 aliphatic rings. The van der Waals surface area contributed by atoms with Crippen LogP contribution in [-0.2, 0) is 0 Å². The predicted molar refractivity (Wildman–Crippen MR) is 109 cm³/mol. The first-order chi connectivity index (χ1) is 14.2. The molecule has 0 aliphatic carbocycles. The van der Waals surface area contributed by atoms with Crippen molar-refractivity contribution in [2.24, 2.45) is 0 Å². The van der Waals surface area contributed by atoms with Gasteiger partial charge < -0.3 is 15.0 Å². The number of piperidine rings is 1. The van der Waals surface area contributed by atoms with Gasteiger partial charge in [0.1, 0.15) is 11.8 Å². The van der Waals surface area contributed by atoms with Gasteiger partial charge in [0.05, 0.1) is 4.92 Å². The fraction of sp³-hybridized carbons (Fsp3) is 0.350. The Morgan fingerprint density at radius 3 is 2.76 bits per heavy atom. The minimum Gasteiger partial charge on any atom is -0.431 e. The third-order valence-electron chi connectivity index (χ3n) is 4.94. The van der Waals surface area contributed by atoms with Crippen LogP contribution < -0.4 is 10.1 Å². The van der Waals surface area contributed by atoms with Gasteiger partial charge in [0.15, 0.2) is 5.75 Å². The molecule has 0 unspecified atom stereocenters. The number of hydrogen-bond acceptors (Lipinski definition) is 8. The van der Waals surface area contributed by atoms with Crippen molar-refractivity contribution in [2.45, 2.75) is 19.3 Å². The molecule has 1 fully saturated rings. The maximum absolute atomic E-state index is 11.7. The second-order valence-corrected chi connectivity index (χ2v) is 6.90. The Morgan fingerprint density at radius 2 is 1.93 bits per heavy atom. The van der Waals surface area contributed by atoms with Crippen molar-refractivity contribution in [1.82, 2.24) is 19.9 Å². The summed E-state index contributed by atoms with van der Waals surface area (Å²) in [7, 11) is 0. The fourth-order valence-electron chi connectivity index (χ4n) is 3.51. The number of fused-ring (bicyclic) bond motifs is 1. The van der Waals surface area contributed by atoms with Crippen molar-refractivity contribution < 1.29 is 9.66 Å². The maximum Gasteiger partial charge on any atom is 0.373 e. The van der Waals surface area contributed by atoms with Gasteiger partial charge in [-0.2, -0.15) is 4.98 Å². The predicted octanol–water partition coefficient (Wildman–Crippen LogP) is 3.62. The second-order valence-electron chi connectivity index (χ2n) is 6.90. The lowest BCUT2D eigenvalue weighted by Gasteiger charge is -2.26. The zero-order chi connectivity index (χ0) is 20.1. The third-order valence-corrected chi connectivity index (χ3v) is 4.94. The molecule has 3 heterocycles. The molecular weight excluding hydrogens is 372 g/mol. The molecule has 29 heavy (non-hydrogen) atoms. The molecule has 0 saturated carbocycles. The number of rotatable bonds is 7. The smallest absolute Gasteiger partial charge is 0.373 e. The Balaban J connectivity index is 1.55. The number of nitrogens with zero attached hydrogens (tertiary/aromatic N) is 5. The average Bonchev–Trinajstić information content (AvgIpc) is 2.75. The van der Waals surface area contributed by atoms with Gasteiger partial charge in [0, 0.05) is 24.7 Å². The fourth-order valence-corrected chi connectivity index (χ4v) is 3.51. The molecule has 9 nitrogen and oxygen atoms in total. The van der Waals surface area contributed by atoms with Crippen LogP contribution in [0.5, 0.6) is 11.6 Å². The molecule has 4 rings (SSSR count). The summed E-state index contributed by atoms with van der Waals surface area (Å²) in [4.78, 5) is 26.0. The quantitative estimate of drug-likeness (QED) is 0.478. The lowest BCUT2D eigenvalue weighted by atomic mass is 10.1. The van der Waals surface area contributed by atoms with E-state index in [0.717, 1.165) is 25.0 Å². The van der Waals surface area contributed by atoms with E-state index in [4.69, 9.17) is 4.74 Å². The summed E-state index contributed by atoms with van der Waals surface area (Å²) in [6.45, 7) is 3.50. The molecule has 1 aromatic carbocycles. The number of aromatic nitrogens is 3. The number of nitro groups is 1. The second kappa shape index (κ2) is 8.78. The zero-order valence-electron chi connectivity index (χ0n) is 16.0. The Labute approximate surface area is 167 Å².